The Hall–Kier alpha value is -2.25. The van der Waals surface area contributed by atoms with Crippen molar-refractivity contribution in [2.24, 2.45) is 0 Å². The zero-order chi connectivity index (χ0) is 20.3. The molecule has 7 nitrogen and oxygen atoms in total. The van der Waals surface area contributed by atoms with Crippen molar-refractivity contribution < 1.29 is 9.32 Å². The van der Waals surface area contributed by atoms with E-state index in [9.17, 15) is 4.79 Å². The maximum Gasteiger partial charge on any atom is 0.244 e. The van der Waals surface area contributed by atoms with Crippen LogP contribution in [0.1, 0.15) is 38.3 Å². The molecule has 3 rings (SSSR count). The van der Waals surface area contributed by atoms with Gasteiger partial charge in [0, 0.05) is 44.8 Å². The van der Waals surface area contributed by atoms with E-state index in [2.05, 4.69) is 33.8 Å². The fourth-order valence-electron chi connectivity index (χ4n) is 3.28. The van der Waals surface area contributed by atoms with E-state index in [-0.39, 0.29) is 18.0 Å². The highest BCUT2D eigenvalue weighted by Crippen LogP contribution is 2.23. The molecular weight excluding hydrogens is 354 g/mol. The summed E-state index contributed by atoms with van der Waals surface area (Å²) >= 11 is 0. The second kappa shape index (κ2) is 8.84. The van der Waals surface area contributed by atoms with Gasteiger partial charge in [-0.05, 0) is 27.7 Å². The normalized spacial score (nSPS) is 17.1. The summed E-state index contributed by atoms with van der Waals surface area (Å²) in [6.07, 6.45) is 0. The van der Waals surface area contributed by atoms with Crippen molar-refractivity contribution >= 4 is 5.91 Å². The molecule has 0 radical (unpaired) electrons. The number of hydrogen-bond donors (Lipinski definition) is 0. The Bertz CT molecular complexity index is 778. The maximum atomic E-state index is 12.3. The van der Waals surface area contributed by atoms with Crippen LogP contribution in [-0.2, 0) is 4.79 Å². The van der Waals surface area contributed by atoms with Crippen LogP contribution in [0, 0.1) is 6.92 Å². The topological polar surface area (TPSA) is 65.7 Å². The first kappa shape index (κ1) is 20.5. The number of rotatable bonds is 6. The molecule has 7 heteroatoms. The molecule has 1 aromatic heterocycles. The average molecular weight is 386 g/mol. The van der Waals surface area contributed by atoms with Crippen molar-refractivity contribution in [3.8, 4) is 11.4 Å². The molecule has 0 spiro atoms. The van der Waals surface area contributed by atoms with Gasteiger partial charge < -0.3 is 9.42 Å². The highest BCUT2D eigenvalue weighted by molar-refractivity contribution is 5.78. The first-order valence-corrected chi connectivity index (χ1v) is 9.98. The lowest BCUT2D eigenvalue weighted by atomic mass is 10.1. The molecule has 1 aliphatic rings. The van der Waals surface area contributed by atoms with Crippen LogP contribution in [0.25, 0.3) is 11.4 Å². The smallest absolute Gasteiger partial charge is 0.244 e. The van der Waals surface area contributed by atoms with Gasteiger partial charge in [0.25, 0.3) is 0 Å². The first-order valence-electron chi connectivity index (χ1n) is 9.98. The Balaban J connectivity index is 1.55. The average Bonchev–Trinajstić information content (AvgIpc) is 3.18. The van der Waals surface area contributed by atoms with Gasteiger partial charge in [-0.1, -0.05) is 35.0 Å². The van der Waals surface area contributed by atoms with E-state index in [0.29, 0.717) is 18.3 Å². The first-order chi connectivity index (χ1) is 13.3. The lowest BCUT2D eigenvalue weighted by Crippen LogP contribution is -2.50. The van der Waals surface area contributed by atoms with Crippen LogP contribution in [0.5, 0.6) is 0 Å². The number of nitrogens with zero attached hydrogens (tertiary/aromatic N) is 5. The molecule has 152 valence electrons. The summed E-state index contributed by atoms with van der Waals surface area (Å²) < 4.78 is 5.54. The van der Waals surface area contributed by atoms with Crippen LogP contribution in [-0.4, -0.2) is 76.6 Å². The van der Waals surface area contributed by atoms with Crippen molar-refractivity contribution in [3.05, 3.63) is 35.7 Å². The molecule has 1 atom stereocenters. The van der Waals surface area contributed by atoms with E-state index < -0.39 is 0 Å². The zero-order valence-corrected chi connectivity index (χ0v) is 17.6. The highest BCUT2D eigenvalue weighted by atomic mass is 16.5. The molecule has 1 saturated heterocycles. The number of hydrogen-bond acceptors (Lipinski definition) is 6. The predicted octanol–water partition coefficient (Wildman–Crippen LogP) is 2.59. The van der Waals surface area contributed by atoms with Gasteiger partial charge in [-0.2, -0.15) is 4.98 Å². The Morgan fingerprint density at radius 3 is 2.39 bits per heavy atom. The van der Waals surface area contributed by atoms with E-state index in [1.807, 2.05) is 45.2 Å². The van der Waals surface area contributed by atoms with Crippen molar-refractivity contribution in [3.63, 3.8) is 0 Å². The number of carbonyl (C=O) groups is 1. The number of piperazine rings is 1. The summed E-state index contributed by atoms with van der Waals surface area (Å²) in [6.45, 7) is 12.2. The SMILES string of the molecule is Cc1ccc(-c2noc(C(C)N3CCN(CC(=O)N(C)C(C)C)CC3)n2)cc1. The van der Waals surface area contributed by atoms with Gasteiger partial charge in [0.2, 0.25) is 17.6 Å². The second-order valence-electron chi connectivity index (χ2n) is 7.91. The Morgan fingerprint density at radius 2 is 1.79 bits per heavy atom. The minimum Gasteiger partial charge on any atom is -0.342 e. The largest absolute Gasteiger partial charge is 0.342 e. The van der Waals surface area contributed by atoms with Crippen LogP contribution in [0.3, 0.4) is 0 Å². The summed E-state index contributed by atoms with van der Waals surface area (Å²) in [4.78, 5) is 23.2. The van der Waals surface area contributed by atoms with E-state index in [1.54, 1.807) is 4.90 Å². The standard InChI is InChI=1S/C21H31N5O2/c1-15(2)24(5)19(27)14-25-10-12-26(13-11-25)17(4)21-22-20(23-28-21)18-8-6-16(3)7-9-18/h6-9,15,17H,10-14H2,1-5H3. The van der Waals surface area contributed by atoms with Gasteiger partial charge in [0.15, 0.2) is 0 Å². The Kier molecular flexibility index (Phi) is 6.46. The number of benzene rings is 1. The zero-order valence-electron chi connectivity index (χ0n) is 17.6. The molecule has 1 fully saturated rings. The molecule has 1 unspecified atom stereocenters. The number of aryl methyl sites for hydroxylation is 1. The molecule has 28 heavy (non-hydrogen) atoms. The quantitative estimate of drug-likeness (QED) is 0.762. The monoisotopic (exact) mass is 385 g/mol. The van der Waals surface area contributed by atoms with Crippen molar-refractivity contribution in [2.75, 3.05) is 39.8 Å². The lowest BCUT2D eigenvalue weighted by Gasteiger charge is -2.37. The second-order valence-corrected chi connectivity index (χ2v) is 7.91. The van der Waals surface area contributed by atoms with Gasteiger partial charge in [0.1, 0.15) is 0 Å². The van der Waals surface area contributed by atoms with E-state index in [0.717, 1.165) is 31.7 Å². The van der Waals surface area contributed by atoms with Gasteiger partial charge in [0.05, 0.1) is 12.6 Å². The minimum atomic E-state index is 0.0582. The Labute approximate surface area is 167 Å². The molecule has 0 saturated carbocycles. The van der Waals surface area contributed by atoms with Gasteiger partial charge in [-0.3, -0.25) is 14.6 Å². The molecule has 1 aliphatic heterocycles. The molecule has 0 bridgehead atoms. The van der Waals surface area contributed by atoms with Crippen molar-refractivity contribution in [1.29, 1.82) is 0 Å². The fourth-order valence-corrected chi connectivity index (χ4v) is 3.28. The third-order valence-electron chi connectivity index (χ3n) is 5.59. The van der Waals surface area contributed by atoms with Gasteiger partial charge in [-0.15, -0.1) is 0 Å². The summed E-state index contributed by atoms with van der Waals surface area (Å²) in [7, 11) is 1.87. The molecule has 0 N–H and O–H groups in total. The number of likely N-dealkylation sites (N-methyl/N-ethyl adjacent to an activating group) is 1. The van der Waals surface area contributed by atoms with Crippen LogP contribution in [0.15, 0.2) is 28.8 Å². The third-order valence-corrected chi connectivity index (χ3v) is 5.59. The van der Waals surface area contributed by atoms with Crippen LogP contribution >= 0.6 is 0 Å². The fraction of sp³-hybridized carbons (Fsp3) is 0.571. The third kappa shape index (κ3) is 4.77. The highest BCUT2D eigenvalue weighted by Gasteiger charge is 2.27. The maximum absolute atomic E-state index is 12.3. The molecule has 0 aliphatic carbocycles. The summed E-state index contributed by atoms with van der Waals surface area (Å²) in [5.41, 5.74) is 2.17. The van der Waals surface area contributed by atoms with Gasteiger partial charge in [-0.25, -0.2) is 0 Å². The Morgan fingerprint density at radius 1 is 1.14 bits per heavy atom. The van der Waals surface area contributed by atoms with Crippen LogP contribution < -0.4 is 0 Å². The van der Waals surface area contributed by atoms with E-state index in [1.165, 1.54) is 5.56 Å². The molecular formula is C21H31N5O2. The summed E-state index contributed by atoms with van der Waals surface area (Å²) in [6, 6.07) is 8.41. The minimum absolute atomic E-state index is 0.0582. The molecule has 1 aromatic carbocycles. The summed E-state index contributed by atoms with van der Waals surface area (Å²) in [5, 5.41) is 4.15. The number of carbonyl (C=O) groups excluding carboxylic acids is 1. The lowest BCUT2D eigenvalue weighted by molar-refractivity contribution is -0.133. The summed E-state index contributed by atoms with van der Waals surface area (Å²) in [5.74, 6) is 1.44. The van der Waals surface area contributed by atoms with Crippen LogP contribution in [0.4, 0.5) is 0 Å². The van der Waals surface area contributed by atoms with Crippen molar-refractivity contribution in [1.82, 2.24) is 24.8 Å². The van der Waals surface area contributed by atoms with Crippen LogP contribution in [0.2, 0.25) is 0 Å². The number of aromatic nitrogens is 2. The molecule has 1 amide bonds. The van der Waals surface area contributed by atoms with E-state index >= 15 is 0 Å². The number of amides is 1. The molecule has 2 heterocycles. The van der Waals surface area contributed by atoms with Gasteiger partial charge >= 0.3 is 0 Å². The van der Waals surface area contributed by atoms with E-state index in [4.69, 9.17) is 4.52 Å². The predicted molar refractivity (Wildman–Crippen MR) is 109 cm³/mol. The molecule has 2 aromatic rings. The van der Waals surface area contributed by atoms with Crippen molar-refractivity contribution in [2.45, 2.75) is 39.8 Å².